The zero-order valence-electron chi connectivity index (χ0n) is 20.0. The van der Waals surface area contributed by atoms with Gasteiger partial charge in [-0.15, -0.1) is 0 Å². The summed E-state index contributed by atoms with van der Waals surface area (Å²) in [6.45, 7) is 0.426. The van der Waals surface area contributed by atoms with Gasteiger partial charge >= 0.3 is 12.1 Å². The third kappa shape index (κ3) is 6.07. The van der Waals surface area contributed by atoms with Gasteiger partial charge in [-0.2, -0.15) is 18.3 Å². The first-order valence-corrected chi connectivity index (χ1v) is 11.9. The molecule has 2 aromatic carbocycles. The third-order valence-corrected chi connectivity index (χ3v) is 6.60. The van der Waals surface area contributed by atoms with Crippen LogP contribution >= 0.6 is 0 Å². The SMILES string of the molecule is COc1cccc(-c2c(C(F)(F)F)nn(C[C@H]3CC[C@H](COCC(=O)O)CC3)c2-c2ccccc2)c1. The highest BCUT2D eigenvalue weighted by Gasteiger charge is 2.40. The van der Waals surface area contributed by atoms with Crippen LogP contribution in [0.2, 0.25) is 0 Å². The average molecular weight is 503 g/mol. The predicted molar refractivity (Wildman–Crippen MR) is 129 cm³/mol. The van der Waals surface area contributed by atoms with E-state index in [0.717, 1.165) is 25.7 Å². The molecule has 0 atom stereocenters. The van der Waals surface area contributed by atoms with Gasteiger partial charge in [-0.05, 0) is 55.2 Å². The minimum atomic E-state index is -4.63. The predicted octanol–water partition coefficient (Wildman–Crippen LogP) is 6.15. The van der Waals surface area contributed by atoms with Crippen LogP contribution in [0.4, 0.5) is 13.2 Å². The number of methoxy groups -OCH3 is 1. The quantitative estimate of drug-likeness (QED) is 0.380. The van der Waals surface area contributed by atoms with E-state index in [1.54, 1.807) is 48.5 Å². The molecule has 0 unspecified atom stereocenters. The molecule has 192 valence electrons. The van der Waals surface area contributed by atoms with Crippen molar-refractivity contribution in [1.29, 1.82) is 0 Å². The van der Waals surface area contributed by atoms with Crippen molar-refractivity contribution < 1.29 is 32.5 Å². The number of hydrogen-bond acceptors (Lipinski definition) is 4. The van der Waals surface area contributed by atoms with E-state index in [9.17, 15) is 18.0 Å². The van der Waals surface area contributed by atoms with E-state index in [0.29, 0.717) is 35.7 Å². The van der Waals surface area contributed by atoms with Gasteiger partial charge in [0.1, 0.15) is 12.4 Å². The van der Waals surface area contributed by atoms with Crippen molar-refractivity contribution in [3.8, 4) is 28.1 Å². The Kier molecular flexibility index (Phi) is 7.98. The van der Waals surface area contributed by atoms with Gasteiger partial charge in [0, 0.05) is 17.7 Å². The monoisotopic (exact) mass is 502 g/mol. The molecule has 9 heteroatoms. The molecular formula is C27H29F3N2O4. The van der Waals surface area contributed by atoms with Crippen molar-refractivity contribution in [3.05, 3.63) is 60.3 Å². The number of nitrogens with zero attached hydrogens (tertiary/aromatic N) is 2. The summed E-state index contributed by atoms with van der Waals surface area (Å²) in [4.78, 5) is 10.7. The van der Waals surface area contributed by atoms with Gasteiger partial charge < -0.3 is 14.6 Å². The van der Waals surface area contributed by atoms with Crippen molar-refractivity contribution in [3.63, 3.8) is 0 Å². The second-order valence-corrected chi connectivity index (χ2v) is 9.15. The Morgan fingerprint density at radius 3 is 2.33 bits per heavy atom. The summed E-state index contributed by atoms with van der Waals surface area (Å²) in [5.41, 5.74) is 0.622. The number of ether oxygens (including phenoxy) is 2. The van der Waals surface area contributed by atoms with Crippen LogP contribution in [0.3, 0.4) is 0 Å². The molecule has 0 aliphatic heterocycles. The number of hydrogen-bond donors (Lipinski definition) is 1. The maximum Gasteiger partial charge on any atom is 0.435 e. The molecule has 36 heavy (non-hydrogen) atoms. The van der Waals surface area contributed by atoms with Gasteiger partial charge in [-0.3, -0.25) is 4.68 Å². The number of aromatic nitrogens is 2. The summed E-state index contributed by atoms with van der Waals surface area (Å²) in [6, 6.07) is 15.7. The Labute approximate surface area is 207 Å². The number of carbonyl (C=O) groups is 1. The summed E-state index contributed by atoms with van der Waals surface area (Å²) < 4.78 is 54.8. The van der Waals surface area contributed by atoms with E-state index >= 15 is 0 Å². The fourth-order valence-corrected chi connectivity index (χ4v) is 4.87. The molecular weight excluding hydrogens is 473 g/mol. The van der Waals surface area contributed by atoms with E-state index in [2.05, 4.69) is 5.10 Å². The van der Waals surface area contributed by atoms with Crippen LogP contribution in [-0.4, -0.2) is 41.2 Å². The first-order chi connectivity index (χ1) is 17.3. The fourth-order valence-electron chi connectivity index (χ4n) is 4.87. The van der Waals surface area contributed by atoms with Gasteiger partial charge in [0.05, 0.1) is 19.4 Å². The summed E-state index contributed by atoms with van der Waals surface area (Å²) in [5, 5.41) is 12.9. The number of rotatable bonds is 9. The van der Waals surface area contributed by atoms with Crippen LogP contribution in [-0.2, 0) is 22.3 Å². The largest absolute Gasteiger partial charge is 0.497 e. The lowest BCUT2D eigenvalue weighted by Crippen LogP contribution is -2.23. The number of carboxylic acids is 1. The van der Waals surface area contributed by atoms with Crippen molar-refractivity contribution in [2.75, 3.05) is 20.3 Å². The number of carboxylic acid groups (broad SMARTS) is 1. The Morgan fingerprint density at radius 2 is 1.69 bits per heavy atom. The molecule has 1 aromatic heterocycles. The third-order valence-electron chi connectivity index (χ3n) is 6.60. The van der Waals surface area contributed by atoms with Crippen LogP contribution < -0.4 is 4.74 Å². The molecule has 6 nitrogen and oxygen atoms in total. The van der Waals surface area contributed by atoms with Crippen LogP contribution in [0.1, 0.15) is 31.4 Å². The number of benzene rings is 2. The van der Waals surface area contributed by atoms with E-state index in [-0.39, 0.29) is 24.0 Å². The van der Waals surface area contributed by atoms with Gasteiger partial charge in [0.2, 0.25) is 0 Å². The highest BCUT2D eigenvalue weighted by atomic mass is 19.4. The molecule has 0 amide bonds. The maximum absolute atomic E-state index is 14.3. The summed E-state index contributed by atoms with van der Waals surface area (Å²) in [5.74, 6) is -0.119. The molecule has 3 aromatic rings. The second-order valence-electron chi connectivity index (χ2n) is 9.15. The lowest BCUT2D eigenvalue weighted by atomic mass is 9.82. The van der Waals surface area contributed by atoms with Crippen LogP contribution in [0.25, 0.3) is 22.4 Å². The van der Waals surface area contributed by atoms with Gasteiger partial charge in [-0.25, -0.2) is 4.79 Å². The van der Waals surface area contributed by atoms with E-state index in [1.165, 1.54) is 11.8 Å². The van der Waals surface area contributed by atoms with Gasteiger partial charge in [-0.1, -0.05) is 42.5 Å². The van der Waals surface area contributed by atoms with E-state index in [4.69, 9.17) is 14.6 Å². The minimum absolute atomic E-state index is 0.0448. The lowest BCUT2D eigenvalue weighted by Gasteiger charge is -2.28. The number of aliphatic carboxylic acids is 1. The van der Waals surface area contributed by atoms with Crippen LogP contribution in [0.5, 0.6) is 5.75 Å². The van der Waals surface area contributed by atoms with Crippen molar-refractivity contribution >= 4 is 5.97 Å². The summed E-state index contributed by atoms with van der Waals surface area (Å²) >= 11 is 0. The first-order valence-electron chi connectivity index (χ1n) is 11.9. The molecule has 0 radical (unpaired) electrons. The number of halogens is 3. The van der Waals surface area contributed by atoms with Crippen LogP contribution in [0, 0.1) is 11.8 Å². The van der Waals surface area contributed by atoms with E-state index in [1.807, 2.05) is 6.07 Å². The molecule has 1 saturated carbocycles. The fraction of sp³-hybridized carbons (Fsp3) is 0.407. The molecule has 0 bridgehead atoms. The Hall–Kier alpha value is -3.33. The lowest BCUT2D eigenvalue weighted by molar-refractivity contribution is -0.143. The minimum Gasteiger partial charge on any atom is -0.497 e. The average Bonchev–Trinajstić information content (AvgIpc) is 3.25. The van der Waals surface area contributed by atoms with Crippen molar-refractivity contribution in [2.24, 2.45) is 11.8 Å². The molecule has 0 saturated heterocycles. The summed E-state index contributed by atoms with van der Waals surface area (Å²) in [7, 11) is 1.48. The first kappa shape index (κ1) is 25.8. The summed E-state index contributed by atoms with van der Waals surface area (Å²) in [6.07, 6.45) is -1.34. The molecule has 0 spiro atoms. The molecule has 1 N–H and O–H groups in total. The molecule has 1 fully saturated rings. The smallest absolute Gasteiger partial charge is 0.435 e. The standard InChI is InChI=1S/C27H29F3N2O4/c1-35-22-9-5-8-21(14-22)24-25(20-6-3-2-4-7-20)32(31-26(24)27(28,29)30)15-18-10-12-19(13-11-18)16-36-17-23(33)34/h2-9,14,18-19H,10-13,15-17H2,1H3,(H,33,34)/t18-,19-. The van der Waals surface area contributed by atoms with Crippen molar-refractivity contribution in [1.82, 2.24) is 9.78 Å². The molecule has 1 heterocycles. The maximum atomic E-state index is 14.3. The Bertz CT molecular complexity index is 1170. The zero-order chi connectivity index (χ0) is 25.7. The highest BCUT2D eigenvalue weighted by Crippen LogP contribution is 2.44. The van der Waals surface area contributed by atoms with Crippen LogP contribution in [0.15, 0.2) is 54.6 Å². The molecule has 1 aliphatic carbocycles. The van der Waals surface area contributed by atoms with Crippen molar-refractivity contribution in [2.45, 2.75) is 38.4 Å². The highest BCUT2D eigenvalue weighted by molar-refractivity contribution is 5.84. The second kappa shape index (κ2) is 11.2. The molecule has 1 aliphatic rings. The normalized spacial score (nSPS) is 18.2. The Morgan fingerprint density at radius 1 is 1.03 bits per heavy atom. The molecule has 4 rings (SSSR count). The number of alkyl halides is 3. The zero-order valence-corrected chi connectivity index (χ0v) is 20.0. The Balaban J connectivity index is 1.67. The van der Waals surface area contributed by atoms with Gasteiger partial charge in [0.25, 0.3) is 0 Å². The van der Waals surface area contributed by atoms with Gasteiger partial charge in [0.15, 0.2) is 5.69 Å². The topological polar surface area (TPSA) is 73.6 Å². The van der Waals surface area contributed by atoms with E-state index < -0.39 is 17.8 Å².